The first-order valence-electron chi connectivity index (χ1n) is 7.80. The average molecular weight is 453 g/mol. The Morgan fingerprint density at radius 2 is 1.71 bits per heavy atom. The van der Waals surface area contributed by atoms with Gasteiger partial charge in [0.25, 0.3) is 5.56 Å². The number of hydrogen-bond acceptors (Lipinski definition) is 2. The Balaban J connectivity index is 2.44. The Labute approximate surface area is 157 Å². The Hall–Kier alpha value is -1.40. The normalized spacial score (nSPS) is 11.7. The third-order valence-electron chi connectivity index (χ3n) is 4.41. The van der Waals surface area contributed by atoms with Gasteiger partial charge in [0.05, 0.1) is 11.1 Å². The van der Waals surface area contributed by atoms with Gasteiger partial charge in [-0.25, -0.2) is 4.98 Å². The molecule has 0 saturated heterocycles. The molecule has 0 unspecified atom stereocenters. The number of aromatic nitrogens is 3. The van der Waals surface area contributed by atoms with E-state index in [0.717, 1.165) is 25.9 Å². The summed E-state index contributed by atoms with van der Waals surface area (Å²) in [6.45, 7) is 10.1. The fraction of sp³-hybridized carbons (Fsp3) is 0.333. The summed E-state index contributed by atoms with van der Waals surface area (Å²) in [5, 5.41) is 0.643. The van der Waals surface area contributed by atoms with Crippen molar-refractivity contribution in [2.45, 2.75) is 40.5 Å². The minimum absolute atomic E-state index is 0.0945. The van der Waals surface area contributed by atoms with Crippen molar-refractivity contribution in [3.8, 4) is 5.69 Å². The van der Waals surface area contributed by atoms with Crippen LogP contribution in [0.5, 0.6) is 0 Å². The molecule has 0 spiro atoms. The van der Waals surface area contributed by atoms with Crippen LogP contribution in [0.1, 0.15) is 42.4 Å². The van der Waals surface area contributed by atoms with E-state index in [2.05, 4.69) is 67.8 Å². The molecule has 1 aromatic carbocycles. The van der Waals surface area contributed by atoms with E-state index in [4.69, 9.17) is 0 Å². The number of fused-ring (bicyclic) bond motifs is 1. The van der Waals surface area contributed by atoms with Crippen LogP contribution in [0, 0.1) is 20.8 Å². The van der Waals surface area contributed by atoms with Crippen molar-refractivity contribution in [1.29, 1.82) is 0 Å². The zero-order chi connectivity index (χ0) is 17.8. The number of nitrogens with zero attached hydrogens (tertiary/aromatic N) is 2. The van der Waals surface area contributed by atoms with Gasteiger partial charge in [-0.2, -0.15) is 0 Å². The number of aryl methyl sites for hydroxylation is 2. The second-order valence-corrected chi connectivity index (χ2v) is 8.09. The Bertz CT molecular complexity index is 992. The van der Waals surface area contributed by atoms with Crippen molar-refractivity contribution in [1.82, 2.24) is 14.5 Å². The summed E-state index contributed by atoms with van der Waals surface area (Å²) < 4.78 is 3.99. The maximum absolute atomic E-state index is 12.4. The summed E-state index contributed by atoms with van der Waals surface area (Å²) in [6, 6.07) is 4.26. The lowest BCUT2D eigenvalue weighted by Crippen LogP contribution is -2.11. The van der Waals surface area contributed by atoms with E-state index in [-0.39, 0.29) is 5.56 Å². The summed E-state index contributed by atoms with van der Waals surface area (Å²) >= 11 is 7.41. The molecule has 0 aliphatic carbocycles. The summed E-state index contributed by atoms with van der Waals surface area (Å²) in [4.78, 5) is 19.8. The van der Waals surface area contributed by atoms with Gasteiger partial charge in [-0.15, -0.1) is 0 Å². The lowest BCUT2D eigenvalue weighted by molar-refractivity contribution is 0.861. The fourth-order valence-electron chi connectivity index (χ4n) is 2.98. The highest BCUT2D eigenvalue weighted by atomic mass is 79.9. The first-order valence-corrected chi connectivity index (χ1v) is 9.38. The number of H-pyrrole nitrogens is 1. The Kier molecular flexibility index (Phi) is 4.47. The van der Waals surface area contributed by atoms with E-state index < -0.39 is 0 Å². The van der Waals surface area contributed by atoms with E-state index in [1.807, 2.05) is 18.4 Å². The number of rotatable bonds is 2. The third-order valence-corrected chi connectivity index (χ3v) is 5.62. The SMILES string of the molecule is Cc1nc2c(c(C)c(C)n2-c2c(Br)cc(C(C)C)cc2Br)c(=O)[nH]1. The second-order valence-electron chi connectivity index (χ2n) is 6.38. The van der Waals surface area contributed by atoms with Crippen LogP contribution in [0.4, 0.5) is 0 Å². The average Bonchev–Trinajstić information content (AvgIpc) is 2.71. The van der Waals surface area contributed by atoms with Gasteiger partial charge >= 0.3 is 0 Å². The smallest absolute Gasteiger partial charge is 0.260 e. The maximum atomic E-state index is 12.4. The van der Waals surface area contributed by atoms with Gasteiger partial charge in [-0.3, -0.25) is 9.36 Å². The van der Waals surface area contributed by atoms with Crippen LogP contribution in [0.2, 0.25) is 0 Å². The molecule has 24 heavy (non-hydrogen) atoms. The quantitative estimate of drug-likeness (QED) is 0.574. The molecular weight excluding hydrogens is 434 g/mol. The minimum atomic E-state index is -0.0945. The molecule has 3 aromatic rings. The molecule has 2 heterocycles. The van der Waals surface area contributed by atoms with Crippen LogP contribution in [-0.4, -0.2) is 14.5 Å². The monoisotopic (exact) mass is 451 g/mol. The van der Waals surface area contributed by atoms with Gasteiger partial charge in [-0.1, -0.05) is 13.8 Å². The number of hydrogen-bond donors (Lipinski definition) is 1. The summed E-state index contributed by atoms with van der Waals surface area (Å²) in [5.41, 5.74) is 4.75. The first kappa shape index (κ1) is 17.4. The van der Waals surface area contributed by atoms with E-state index in [0.29, 0.717) is 22.8 Å². The molecule has 0 aliphatic heterocycles. The van der Waals surface area contributed by atoms with E-state index in [1.54, 1.807) is 6.92 Å². The number of nitrogens with one attached hydrogen (secondary N) is 1. The lowest BCUT2D eigenvalue weighted by Gasteiger charge is -2.16. The molecule has 1 N–H and O–H groups in total. The Morgan fingerprint density at radius 3 is 2.25 bits per heavy atom. The molecule has 0 aliphatic rings. The molecular formula is C18H19Br2N3O. The van der Waals surface area contributed by atoms with E-state index in [9.17, 15) is 4.79 Å². The largest absolute Gasteiger partial charge is 0.310 e. The maximum Gasteiger partial charge on any atom is 0.260 e. The second kappa shape index (κ2) is 6.15. The van der Waals surface area contributed by atoms with Crippen LogP contribution in [-0.2, 0) is 0 Å². The van der Waals surface area contributed by atoms with Crippen molar-refractivity contribution >= 4 is 42.9 Å². The van der Waals surface area contributed by atoms with Gasteiger partial charge in [-0.05, 0) is 81.8 Å². The topological polar surface area (TPSA) is 50.7 Å². The molecule has 0 amide bonds. The molecule has 0 radical (unpaired) electrons. The minimum Gasteiger partial charge on any atom is -0.310 e. The standard InChI is InChI=1S/C18H19Br2N3O/c1-8(2)12-6-13(19)16(14(20)7-12)23-10(4)9(3)15-17(23)21-11(5)22-18(15)24/h6-8H,1-5H3,(H,21,22,24). The van der Waals surface area contributed by atoms with Gasteiger partial charge in [0.2, 0.25) is 0 Å². The Morgan fingerprint density at radius 1 is 1.12 bits per heavy atom. The molecule has 0 saturated carbocycles. The fourth-order valence-corrected chi connectivity index (χ4v) is 4.56. The summed E-state index contributed by atoms with van der Waals surface area (Å²) in [5.74, 6) is 1.04. The highest BCUT2D eigenvalue weighted by Gasteiger charge is 2.21. The van der Waals surface area contributed by atoms with Crippen LogP contribution < -0.4 is 5.56 Å². The van der Waals surface area contributed by atoms with Crippen molar-refractivity contribution in [2.75, 3.05) is 0 Å². The molecule has 0 fully saturated rings. The van der Waals surface area contributed by atoms with E-state index in [1.165, 1.54) is 5.56 Å². The van der Waals surface area contributed by atoms with Gasteiger partial charge in [0, 0.05) is 14.6 Å². The predicted molar refractivity (Wildman–Crippen MR) is 105 cm³/mol. The van der Waals surface area contributed by atoms with Crippen molar-refractivity contribution in [3.63, 3.8) is 0 Å². The van der Waals surface area contributed by atoms with Crippen molar-refractivity contribution in [2.24, 2.45) is 0 Å². The first-order chi connectivity index (χ1) is 11.2. The zero-order valence-corrected chi connectivity index (χ0v) is 17.5. The van der Waals surface area contributed by atoms with Crippen LogP contribution in [0.3, 0.4) is 0 Å². The number of halogens is 2. The van der Waals surface area contributed by atoms with Gasteiger partial charge in [0.1, 0.15) is 5.82 Å². The third kappa shape index (κ3) is 2.65. The summed E-state index contributed by atoms with van der Waals surface area (Å²) in [7, 11) is 0. The highest BCUT2D eigenvalue weighted by molar-refractivity contribution is 9.11. The van der Waals surface area contributed by atoms with Crippen LogP contribution in [0.15, 0.2) is 25.9 Å². The van der Waals surface area contributed by atoms with Gasteiger partial charge < -0.3 is 4.98 Å². The highest BCUT2D eigenvalue weighted by Crippen LogP contribution is 2.37. The van der Waals surface area contributed by atoms with Crippen molar-refractivity contribution < 1.29 is 0 Å². The molecule has 2 aromatic heterocycles. The molecule has 4 nitrogen and oxygen atoms in total. The lowest BCUT2D eigenvalue weighted by atomic mass is 10.0. The summed E-state index contributed by atoms with van der Waals surface area (Å²) in [6.07, 6.45) is 0. The predicted octanol–water partition coefficient (Wildman–Crippen LogP) is 5.29. The molecule has 0 atom stereocenters. The number of aromatic amines is 1. The van der Waals surface area contributed by atoms with Crippen LogP contribution >= 0.6 is 31.9 Å². The van der Waals surface area contributed by atoms with E-state index >= 15 is 0 Å². The molecule has 3 rings (SSSR count). The molecule has 0 bridgehead atoms. The molecule has 126 valence electrons. The number of benzene rings is 1. The zero-order valence-electron chi connectivity index (χ0n) is 14.3. The molecule has 6 heteroatoms. The van der Waals surface area contributed by atoms with Crippen molar-refractivity contribution in [3.05, 3.63) is 54.1 Å². The van der Waals surface area contributed by atoms with Crippen LogP contribution in [0.25, 0.3) is 16.7 Å². The van der Waals surface area contributed by atoms with Gasteiger partial charge in [0.15, 0.2) is 5.65 Å².